The average molecular weight is 158 g/mol. The third-order valence-corrected chi connectivity index (χ3v) is 2.35. The Hall–Kier alpha value is -0.120. The molecule has 1 rings (SSSR count). The maximum atomic E-state index is 5.14. The normalized spacial score (nSPS) is 31.6. The maximum Gasteiger partial charge on any atom is 0.0518 e. The van der Waals surface area contributed by atoms with Crippen LogP contribution in [0, 0.1) is 5.92 Å². The van der Waals surface area contributed by atoms with Crippen molar-refractivity contribution in [3.63, 3.8) is 0 Å². The van der Waals surface area contributed by atoms with Crippen LogP contribution < -0.4 is 5.32 Å². The van der Waals surface area contributed by atoms with Crippen LogP contribution in [-0.4, -0.2) is 51.8 Å². The van der Waals surface area contributed by atoms with E-state index in [1.807, 2.05) is 0 Å². The van der Waals surface area contributed by atoms with Gasteiger partial charge in [-0.1, -0.05) is 0 Å². The minimum Gasteiger partial charge on any atom is -0.384 e. The highest BCUT2D eigenvalue weighted by atomic mass is 16.5. The summed E-state index contributed by atoms with van der Waals surface area (Å²) in [5, 5.41) is 3.37. The van der Waals surface area contributed by atoms with Gasteiger partial charge in [-0.2, -0.15) is 0 Å². The van der Waals surface area contributed by atoms with Gasteiger partial charge in [-0.05, 0) is 14.1 Å². The number of nitrogens with zero attached hydrogens (tertiary/aromatic N) is 1. The minimum absolute atomic E-state index is 0.648. The Morgan fingerprint density at radius 3 is 2.73 bits per heavy atom. The summed E-state index contributed by atoms with van der Waals surface area (Å²) in [6.45, 7) is 3.06. The van der Waals surface area contributed by atoms with E-state index >= 15 is 0 Å². The van der Waals surface area contributed by atoms with E-state index in [4.69, 9.17) is 4.74 Å². The van der Waals surface area contributed by atoms with Crippen LogP contribution in [0.1, 0.15) is 0 Å². The van der Waals surface area contributed by atoms with E-state index in [9.17, 15) is 0 Å². The van der Waals surface area contributed by atoms with Crippen LogP contribution in [0.3, 0.4) is 0 Å². The molecule has 2 atom stereocenters. The Labute approximate surface area is 68.7 Å². The van der Waals surface area contributed by atoms with E-state index in [0.29, 0.717) is 12.0 Å². The van der Waals surface area contributed by atoms with E-state index in [1.165, 1.54) is 0 Å². The van der Waals surface area contributed by atoms with E-state index < -0.39 is 0 Å². The van der Waals surface area contributed by atoms with E-state index in [0.717, 1.165) is 19.7 Å². The molecule has 0 amide bonds. The second-order valence-corrected chi connectivity index (χ2v) is 3.40. The molecule has 1 heterocycles. The van der Waals surface area contributed by atoms with Crippen molar-refractivity contribution in [1.82, 2.24) is 10.2 Å². The zero-order valence-electron chi connectivity index (χ0n) is 7.63. The zero-order valence-corrected chi connectivity index (χ0v) is 7.63. The van der Waals surface area contributed by atoms with Gasteiger partial charge < -0.3 is 15.0 Å². The van der Waals surface area contributed by atoms with Gasteiger partial charge in [0.25, 0.3) is 0 Å². The molecule has 1 N–H and O–H groups in total. The Morgan fingerprint density at radius 2 is 2.18 bits per heavy atom. The van der Waals surface area contributed by atoms with Crippen LogP contribution in [0.25, 0.3) is 0 Å². The number of methoxy groups -OCH3 is 1. The molecule has 0 radical (unpaired) electrons. The fourth-order valence-electron chi connectivity index (χ4n) is 1.71. The lowest BCUT2D eigenvalue weighted by molar-refractivity contribution is 0.122. The number of hydrogen-bond acceptors (Lipinski definition) is 3. The van der Waals surface area contributed by atoms with Crippen molar-refractivity contribution in [2.75, 3.05) is 40.9 Å². The molecule has 3 heteroatoms. The Bertz CT molecular complexity index is 117. The molecule has 0 saturated carbocycles. The third-order valence-electron chi connectivity index (χ3n) is 2.35. The molecule has 0 bridgehead atoms. The molecule has 66 valence electrons. The van der Waals surface area contributed by atoms with Gasteiger partial charge in [-0.25, -0.2) is 0 Å². The number of likely N-dealkylation sites (N-methyl/N-ethyl adjacent to an activating group) is 1. The van der Waals surface area contributed by atoms with Crippen molar-refractivity contribution >= 4 is 0 Å². The lowest BCUT2D eigenvalue weighted by Gasteiger charge is -2.24. The first-order valence-electron chi connectivity index (χ1n) is 4.11. The fourth-order valence-corrected chi connectivity index (χ4v) is 1.71. The van der Waals surface area contributed by atoms with Gasteiger partial charge in [0.2, 0.25) is 0 Å². The SMILES string of the molecule is COCC1CNCC1N(C)C. The highest BCUT2D eigenvalue weighted by Crippen LogP contribution is 2.13. The number of rotatable bonds is 3. The van der Waals surface area contributed by atoms with Gasteiger partial charge in [-0.15, -0.1) is 0 Å². The standard InChI is InChI=1S/C8H18N2O/c1-10(2)8-5-9-4-7(8)6-11-3/h7-9H,4-6H2,1-3H3. The van der Waals surface area contributed by atoms with Gasteiger partial charge in [-0.3, -0.25) is 0 Å². The topological polar surface area (TPSA) is 24.5 Å². The van der Waals surface area contributed by atoms with Crippen molar-refractivity contribution < 1.29 is 4.74 Å². The summed E-state index contributed by atoms with van der Waals surface area (Å²) in [6, 6.07) is 0.648. The summed E-state index contributed by atoms with van der Waals surface area (Å²) < 4.78 is 5.14. The number of hydrogen-bond donors (Lipinski definition) is 1. The molecule has 1 aliphatic heterocycles. The summed E-state index contributed by atoms with van der Waals surface area (Å²) in [5.41, 5.74) is 0. The molecule has 3 nitrogen and oxygen atoms in total. The van der Waals surface area contributed by atoms with Crippen molar-refractivity contribution in [3.8, 4) is 0 Å². The maximum absolute atomic E-state index is 5.14. The van der Waals surface area contributed by atoms with Crippen LogP contribution in [0.4, 0.5) is 0 Å². The predicted octanol–water partition coefficient (Wildman–Crippen LogP) is -0.218. The van der Waals surface area contributed by atoms with E-state index in [-0.39, 0.29) is 0 Å². The summed E-state index contributed by atoms with van der Waals surface area (Å²) in [6.07, 6.45) is 0. The van der Waals surface area contributed by atoms with E-state index in [2.05, 4.69) is 24.3 Å². The van der Waals surface area contributed by atoms with Gasteiger partial charge in [0.1, 0.15) is 0 Å². The van der Waals surface area contributed by atoms with E-state index in [1.54, 1.807) is 7.11 Å². The summed E-state index contributed by atoms with van der Waals surface area (Å²) in [4.78, 5) is 2.27. The van der Waals surface area contributed by atoms with Gasteiger partial charge >= 0.3 is 0 Å². The molecule has 0 aromatic rings. The Balaban J connectivity index is 2.37. The molecule has 0 aromatic carbocycles. The fraction of sp³-hybridized carbons (Fsp3) is 1.00. The largest absolute Gasteiger partial charge is 0.384 e. The first-order chi connectivity index (χ1) is 5.25. The van der Waals surface area contributed by atoms with Crippen LogP contribution in [0.2, 0.25) is 0 Å². The molecule has 0 spiro atoms. The van der Waals surface area contributed by atoms with Crippen LogP contribution in [0.5, 0.6) is 0 Å². The average Bonchev–Trinajstić information content (AvgIpc) is 2.36. The van der Waals surface area contributed by atoms with Gasteiger partial charge in [0, 0.05) is 32.2 Å². The monoisotopic (exact) mass is 158 g/mol. The summed E-state index contributed by atoms with van der Waals surface area (Å²) in [5.74, 6) is 0.662. The predicted molar refractivity (Wildman–Crippen MR) is 45.7 cm³/mol. The molecule has 1 aliphatic rings. The van der Waals surface area contributed by atoms with Crippen LogP contribution in [-0.2, 0) is 4.74 Å². The highest BCUT2D eigenvalue weighted by molar-refractivity contribution is 4.86. The zero-order chi connectivity index (χ0) is 8.27. The third kappa shape index (κ3) is 2.15. The number of nitrogens with one attached hydrogen (secondary N) is 1. The molecule has 2 unspecified atom stereocenters. The van der Waals surface area contributed by atoms with Crippen LogP contribution in [0.15, 0.2) is 0 Å². The summed E-state index contributed by atoms with van der Waals surface area (Å²) >= 11 is 0. The minimum atomic E-state index is 0.648. The molecule has 11 heavy (non-hydrogen) atoms. The highest BCUT2D eigenvalue weighted by Gasteiger charge is 2.27. The van der Waals surface area contributed by atoms with Crippen LogP contribution >= 0.6 is 0 Å². The molecule has 1 saturated heterocycles. The molecular formula is C8H18N2O. The smallest absolute Gasteiger partial charge is 0.0518 e. The molecule has 1 fully saturated rings. The number of ether oxygens (including phenoxy) is 1. The molecule has 0 aliphatic carbocycles. The molecule has 0 aromatic heterocycles. The van der Waals surface area contributed by atoms with Gasteiger partial charge in [0.05, 0.1) is 6.61 Å². The first kappa shape index (κ1) is 8.97. The van der Waals surface area contributed by atoms with Crippen molar-refractivity contribution in [3.05, 3.63) is 0 Å². The Morgan fingerprint density at radius 1 is 1.45 bits per heavy atom. The molecular weight excluding hydrogens is 140 g/mol. The quantitative estimate of drug-likeness (QED) is 0.614. The lowest BCUT2D eigenvalue weighted by atomic mass is 10.0. The second-order valence-electron chi connectivity index (χ2n) is 3.40. The second kappa shape index (κ2) is 4.04. The van der Waals surface area contributed by atoms with Crippen molar-refractivity contribution in [1.29, 1.82) is 0 Å². The Kier molecular flexibility index (Phi) is 3.30. The van der Waals surface area contributed by atoms with Gasteiger partial charge in [0.15, 0.2) is 0 Å². The first-order valence-corrected chi connectivity index (χ1v) is 4.11. The summed E-state index contributed by atoms with van der Waals surface area (Å²) in [7, 11) is 6.02. The van der Waals surface area contributed by atoms with Crippen molar-refractivity contribution in [2.45, 2.75) is 6.04 Å². The van der Waals surface area contributed by atoms with Crippen molar-refractivity contribution in [2.24, 2.45) is 5.92 Å². The lowest BCUT2D eigenvalue weighted by Crippen LogP contribution is -2.36.